The molecule has 1 unspecified atom stereocenters. The molecule has 0 bridgehead atoms. The Bertz CT molecular complexity index is 1500. The lowest BCUT2D eigenvalue weighted by Gasteiger charge is -2.31. The number of benzene rings is 3. The van der Waals surface area contributed by atoms with Gasteiger partial charge in [-0.15, -0.1) is 0 Å². The molecule has 0 saturated heterocycles. The Hall–Kier alpha value is -3.18. The first kappa shape index (κ1) is 31.7. The maximum absolute atomic E-state index is 15.1. The first-order chi connectivity index (χ1) is 19.7. The summed E-state index contributed by atoms with van der Waals surface area (Å²) >= 11 is 0. The summed E-state index contributed by atoms with van der Waals surface area (Å²) in [5.74, 6) is -2.49. The molecule has 1 aliphatic rings. The second-order valence-electron chi connectivity index (χ2n) is 11.8. The number of rotatable bonds is 13. The highest BCUT2D eigenvalue weighted by molar-refractivity contribution is 7.89. The number of aliphatic hydroxyl groups excluding tert-OH is 1. The number of nitrogens with zero attached hydrogens (tertiary/aromatic N) is 1. The van der Waals surface area contributed by atoms with Crippen molar-refractivity contribution in [2.45, 2.75) is 62.5 Å². The van der Waals surface area contributed by atoms with E-state index >= 15 is 8.78 Å². The van der Waals surface area contributed by atoms with Crippen molar-refractivity contribution < 1.29 is 32.2 Å². The van der Waals surface area contributed by atoms with E-state index < -0.39 is 38.6 Å². The van der Waals surface area contributed by atoms with Crippen molar-refractivity contribution in [1.82, 2.24) is 9.62 Å². The van der Waals surface area contributed by atoms with E-state index in [1.165, 1.54) is 30.3 Å². The van der Waals surface area contributed by atoms with E-state index in [2.05, 4.69) is 17.4 Å². The number of aryl methyl sites for hydroxylation is 1. The van der Waals surface area contributed by atoms with Gasteiger partial charge in [-0.25, -0.2) is 17.2 Å². The Kier molecular flexibility index (Phi) is 9.82. The van der Waals surface area contributed by atoms with Gasteiger partial charge in [0.05, 0.1) is 6.10 Å². The Morgan fingerprint density at radius 2 is 1.67 bits per heavy atom. The van der Waals surface area contributed by atoms with Gasteiger partial charge < -0.3 is 15.5 Å². The predicted octanol–water partition coefficient (Wildman–Crippen LogP) is 4.80. The zero-order chi connectivity index (χ0) is 30.7. The topological polar surface area (TPSA) is 107 Å². The fourth-order valence-electron chi connectivity index (χ4n) is 5.66. The molecule has 0 spiro atoms. The maximum Gasteiger partial charge on any atom is 0.303 e. The van der Waals surface area contributed by atoms with Crippen LogP contribution in [0, 0.1) is 17.6 Å². The average molecular weight is 601 g/mol. The molecule has 10 heteroatoms. The van der Waals surface area contributed by atoms with Gasteiger partial charge >= 0.3 is 5.97 Å². The Morgan fingerprint density at radius 3 is 2.26 bits per heavy atom. The standard InChI is InChI=1S/C32H38F2N2O5S/c1-32(2,18-22-14-24-6-4-5-7-25(24)15-22)35-19-26(37)20-36(3)42(40,41)30-17-28(33)27(16-29(30)34)23-11-8-21(9-12-23)10-13-31(38)39/h4-9,11-12,16-17,22,26,35,37H,10,13-15,18-20H2,1-3H3,(H,38,39). The number of carbonyl (C=O) groups is 1. The number of halogens is 2. The minimum atomic E-state index is -4.44. The number of carboxylic acids is 1. The highest BCUT2D eigenvalue weighted by Crippen LogP contribution is 2.32. The summed E-state index contributed by atoms with van der Waals surface area (Å²) in [4.78, 5) is 9.95. The highest BCUT2D eigenvalue weighted by Gasteiger charge is 2.31. The summed E-state index contributed by atoms with van der Waals surface area (Å²) in [5.41, 5.74) is 3.37. The van der Waals surface area contributed by atoms with Gasteiger partial charge in [0.25, 0.3) is 0 Å². The molecular weight excluding hydrogens is 562 g/mol. The van der Waals surface area contributed by atoms with Crippen LogP contribution >= 0.6 is 0 Å². The van der Waals surface area contributed by atoms with Crippen LogP contribution < -0.4 is 5.32 Å². The number of β-amino-alcohol motifs (C(OH)–C–C–N with tert-alkyl or cyclic N) is 1. The second kappa shape index (κ2) is 13.0. The molecular formula is C32H38F2N2O5S. The zero-order valence-corrected chi connectivity index (χ0v) is 24.9. The molecule has 1 aliphatic carbocycles. The molecule has 226 valence electrons. The average Bonchev–Trinajstić information content (AvgIpc) is 3.33. The quantitative estimate of drug-likeness (QED) is 0.260. The molecule has 3 aromatic rings. The van der Waals surface area contributed by atoms with Gasteiger partial charge in [-0.1, -0.05) is 48.5 Å². The van der Waals surface area contributed by atoms with Crippen molar-refractivity contribution in [1.29, 1.82) is 0 Å². The van der Waals surface area contributed by atoms with Gasteiger partial charge in [0.1, 0.15) is 16.5 Å². The maximum atomic E-state index is 15.1. The first-order valence-corrected chi connectivity index (χ1v) is 15.5. The predicted molar refractivity (Wildman–Crippen MR) is 158 cm³/mol. The van der Waals surface area contributed by atoms with Gasteiger partial charge in [0.15, 0.2) is 0 Å². The van der Waals surface area contributed by atoms with Crippen molar-refractivity contribution in [2.75, 3.05) is 20.1 Å². The summed E-state index contributed by atoms with van der Waals surface area (Å²) in [6.45, 7) is 3.92. The number of hydrogen-bond donors (Lipinski definition) is 3. The van der Waals surface area contributed by atoms with Crippen LogP contribution in [0.5, 0.6) is 0 Å². The summed E-state index contributed by atoms with van der Waals surface area (Å²) in [6, 6.07) is 16.2. The summed E-state index contributed by atoms with van der Waals surface area (Å²) in [5, 5.41) is 22.8. The molecule has 3 aromatic carbocycles. The Balaban J connectivity index is 1.35. The van der Waals surface area contributed by atoms with E-state index in [0.717, 1.165) is 35.2 Å². The molecule has 0 fully saturated rings. The lowest BCUT2D eigenvalue weighted by atomic mass is 9.88. The Labute approximate surface area is 246 Å². The number of aliphatic hydroxyl groups is 1. The van der Waals surface area contributed by atoms with Crippen molar-refractivity contribution in [2.24, 2.45) is 5.92 Å². The fourth-order valence-corrected chi connectivity index (χ4v) is 6.92. The number of likely N-dealkylation sites (N-methyl/N-ethyl adjacent to an activating group) is 1. The fraction of sp³-hybridized carbons (Fsp3) is 0.406. The molecule has 0 aromatic heterocycles. The van der Waals surface area contributed by atoms with E-state index in [1.54, 1.807) is 12.1 Å². The molecule has 4 rings (SSSR count). The minimum Gasteiger partial charge on any atom is -0.481 e. The van der Waals surface area contributed by atoms with Gasteiger partial charge in [-0.2, -0.15) is 4.31 Å². The van der Waals surface area contributed by atoms with Crippen molar-refractivity contribution >= 4 is 16.0 Å². The number of carboxylic acid groups (broad SMARTS) is 1. The normalized spacial score (nSPS) is 14.7. The summed E-state index contributed by atoms with van der Waals surface area (Å²) in [7, 11) is -3.21. The van der Waals surface area contributed by atoms with E-state index in [1.807, 2.05) is 26.0 Å². The van der Waals surface area contributed by atoms with Crippen LogP contribution in [0.15, 0.2) is 65.6 Å². The third kappa shape index (κ3) is 7.80. The first-order valence-electron chi connectivity index (χ1n) is 14.0. The zero-order valence-electron chi connectivity index (χ0n) is 24.1. The molecule has 1 atom stereocenters. The lowest BCUT2D eigenvalue weighted by Crippen LogP contribution is -2.47. The SMILES string of the molecule is CN(CC(O)CNC(C)(C)CC1Cc2ccccc2C1)S(=O)(=O)c1cc(F)c(-c2ccc(CCC(=O)O)cc2)cc1F. The van der Waals surface area contributed by atoms with Crippen molar-refractivity contribution in [3.8, 4) is 11.1 Å². The highest BCUT2D eigenvalue weighted by atomic mass is 32.2. The largest absolute Gasteiger partial charge is 0.481 e. The van der Waals surface area contributed by atoms with E-state index in [4.69, 9.17) is 5.11 Å². The molecule has 42 heavy (non-hydrogen) atoms. The van der Waals surface area contributed by atoms with Gasteiger partial charge in [0, 0.05) is 37.7 Å². The molecule has 3 N–H and O–H groups in total. The number of nitrogens with one attached hydrogen (secondary N) is 1. The molecule has 0 aliphatic heterocycles. The van der Waals surface area contributed by atoms with Gasteiger partial charge in [-0.3, -0.25) is 4.79 Å². The van der Waals surface area contributed by atoms with Crippen LogP contribution in [0.25, 0.3) is 11.1 Å². The van der Waals surface area contributed by atoms with Crippen LogP contribution in [-0.4, -0.2) is 60.7 Å². The molecule has 0 heterocycles. The van der Waals surface area contributed by atoms with Crippen LogP contribution in [0.4, 0.5) is 8.78 Å². The monoisotopic (exact) mass is 600 g/mol. The summed E-state index contributed by atoms with van der Waals surface area (Å²) < 4.78 is 57.2. The van der Waals surface area contributed by atoms with Crippen LogP contribution in [-0.2, 0) is 34.1 Å². The smallest absolute Gasteiger partial charge is 0.303 e. The number of sulfonamides is 1. The van der Waals surface area contributed by atoms with Crippen LogP contribution in [0.2, 0.25) is 0 Å². The molecule has 0 saturated carbocycles. The van der Waals surface area contributed by atoms with Crippen LogP contribution in [0.1, 0.15) is 43.4 Å². The molecule has 0 radical (unpaired) electrons. The van der Waals surface area contributed by atoms with Crippen LogP contribution in [0.3, 0.4) is 0 Å². The number of hydrogen-bond acceptors (Lipinski definition) is 5. The van der Waals surface area contributed by atoms with E-state index in [9.17, 15) is 18.3 Å². The second-order valence-corrected chi connectivity index (χ2v) is 13.8. The van der Waals surface area contributed by atoms with Gasteiger partial charge in [-0.05, 0) is 79.8 Å². The third-order valence-corrected chi connectivity index (χ3v) is 9.66. The van der Waals surface area contributed by atoms with Crippen molar-refractivity contribution in [3.63, 3.8) is 0 Å². The molecule has 7 nitrogen and oxygen atoms in total. The van der Waals surface area contributed by atoms with E-state index in [-0.39, 0.29) is 30.6 Å². The number of aliphatic carboxylic acids is 1. The molecule has 0 amide bonds. The van der Waals surface area contributed by atoms with E-state index in [0.29, 0.717) is 24.0 Å². The number of fused-ring (bicyclic) bond motifs is 1. The third-order valence-electron chi connectivity index (χ3n) is 7.82. The minimum absolute atomic E-state index is 0.0549. The lowest BCUT2D eigenvalue weighted by molar-refractivity contribution is -0.136. The van der Waals surface area contributed by atoms with Gasteiger partial charge in [0.2, 0.25) is 10.0 Å². The summed E-state index contributed by atoms with van der Waals surface area (Å²) in [6.07, 6.45) is 2.06. The Morgan fingerprint density at radius 1 is 1.05 bits per heavy atom. The van der Waals surface area contributed by atoms with Crippen molar-refractivity contribution in [3.05, 3.63) is 89.0 Å².